The largest absolute Gasteiger partial charge is 0.490 e. The lowest BCUT2D eigenvalue weighted by molar-refractivity contribution is -0.137. The number of imidazole rings is 1. The molecule has 1 aliphatic heterocycles. The molecule has 168 valence electrons. The van der Waals surface area contributed by atoms with Gasteiger partial charge in [-0.05, 0) is 37.3 Å². The molecule has 3 aromatic rings. The smallest absolute Gasteiger partial charge is 0.232 e. The summed E-state index contributed by atoms with van der Waals surface area (Å²) in [5.41, 5.74) is 2.29. The van der Waals surface area contributed by atoms with E-state index in [1.54, 1.807) is 30.0 Å². The molecular weight excluding hydrogens is 450 g/mol. The third-order valence-corrected chi connectivity index (χ3v) is 6.31. The van der Waals surface area contributed by atoms with Crippen LogP contribution in [0.1, 0.15) is 23.0 Å². The van der Waals surface area contributed by atoms with Crippen molar-refractivity contribution in [2.75, 3.05) is 32.1 Å². The van der Waals surface area contributed by atoms with Crippen LogP contribution in [0.3, 0.4) is 0 Å². The highest BCUT2D eigenvalue weighted by molar-refractivity contribution is 7.99. The number of ketones is 1. The molecule has 1 saturated heterocycles. The van der Waals surface area contributed by atoms with E-state index < -0.39 is 0 Å². The molecule has 3 heterocycles. The molecule has 1 aromatic carbocycles. The average molecular weight is 474 g/mol. The number of carbonyl (C=O) groups is 2. The fourth-order valence-corrected chi connectivity index (χ4v) is 4.50. The molecule has 7 nitrogen and oxygen atoms in total. The second-order valence-electron chi connectivity index (χ2n) is 7.53. The predicted molar refractivity (Wildman–Crippen MR) is 125 cm³/mol. The lowest BCUT2D eigenvalue weighted by atomic mass is 10.1. The number of ether oxygens (including phenoxy) is 2. The summed E-state index contributed by atoms with van der Waals surface area (Å²) in [4.78, 5) is 30.9. The molecule has 2 aromatic heterocycles. The first kappa shape index (κ1) is 22.6. The molecule has 1 aliphatic rings. The minimum Gasteiger partial charge on any atom is -0.490 e. The molecule has 0 spiro atoms. The molecule has 1 amide bonds. The Bertz CT molecular complexity index is 1090. The fourth-order valence-electron chi connectivity index (χ4n) is 3.52. The first-order valence-corrected chi connectivity index (χ1v) is 11.9. The number of morpholine rings is 1. The van der Waals surface area contributed by atoms with Gasteiger partial charge in [-0.3, -0.25) is 9.59 Å². The van der Waals surface area contributed by atoms with E-state index in [9.17, 15) is 9.59 Å². The molecule has 0 radical (unpaired) electrons. The SMILES string of the molecule is CC(=O)c1cc(Cl)ccc1OCC1CN(C(=O)CSCc2cn3ccccc3n2)CCO1. The van der Waals surface area contributed by atoms with Crippen LogP contribution in [0.2, 0.25) is 5.02 Å². The van der Waals surface area contributed by atoms with Crippen LogP contribution in [0.15, 0.2) is 48.8 Å². The summed E-state index contributed by atoms with van der Waals surface area (Å²) in [6.45, 7) is 3.19. The number of halogens is 1. The average Bonchev–Trinajstić information content (AvgIpc) is 3.21. The monoisotopic (exact) mass is 473 g/mol. The zero-order valence-corrected chi connectivity index (χ0v) is 19.3. The highest BCUT2D eigenvalue weighted by Gasteiger charge is 2.25. The van der Waals surface area contributed by atoms with Gasteiger partial charge in [0.2, 0.25) is 5.91 Å². The Morgan fingerprint density at radius 1 is 1.31 bits per heavy atom. The molecule has 9 heteroatoms. The first-order valence-electron chi connectivity index (χ1n) is 10.3. The summed E-state index contributed by atoms with van der Waals surface area (Å²) >= 11 is 7.53. The topological polar surface area (TPSA) is 73.1 Å². The number of carbonyl (C=O) groups excluding carboxylic acids is 2. The highest BCUT2D eigenvalue weighted by Crippen LogP contribution is 2.24. The maximum absolute atomic E-state index is 12.7. The maximum Gasteiger partial charge on any atom is 0.232 e. The van der Waals surface area contributed by atoms with Crippen molar-refractivity contribution in [3.05, 3.63) is 65.1 Å². The van der Waals surface area contributed by atoms with Gasteiger partial charge >= 0.3 is 0 Å². The highest BCUT2D eigenvalue weighted by atomic mass is 35.5. The van der Waals surface area contributed by atoms with Gasteiger partial charge in [-0.2, -0.15) is 0 Å². The van der Waals surface area contributed by atoms with E-state index in [-0.39, 0.29) is 24.4 Å². The van der Waals surface area contributed by atoms with Crippen LogP contribution in [-0.2, 0) is 15.3 Å². The van der Waals surface area contributed by atoms with Gasteiger partial charge < -0.3 is 18.8 Å². The molecule has 32 heavy (non-hydrogen) atoms. The number of benzene rings is 1. The zero-order valence-electron chi connectivity index (χ0n) is 17.7. The Morgan fingerprint density at radius 3 is 3.00 bits per heavy atom. The van der Waals surface area contributed by atoms with E-state index >= 15 is 0 Å². The van der Waals surface area contributed by atoms with Crippen LogP contribution in [0.25, 0.3) is 5.65 Å². The van der Waals surface area contributed by atoms with E-state index in [2.05, 4.69) is 4.98 Å². The van der Waals surface area contributed by atoms with Crippen molar-refractivity contribution in [1.29, 1.82) is 0 Å². The summed E-state index contributed by atoms with van der Waals surface area (Å²) in [6, 6.07) is 10.8. The molecule has 0 bridgehead atoms. The van der Waals surface area contributed by atoms with E-state index in [4.69, 9.17) is 21.1 Å². The van der Waals surface area contributed by atoms with Gasteiger partial charge in [-0.15, -0.1) is 11.8 Å². The van der Waals surface area contributed by atoms with Crippen molar-refractivity contribution in [3.8, 4) is 5.75 Å². The molecule has 1 fully saturated rings. The summed E-state index contributed by atoms with van der Waals surface area (Å²) in [5, 5.41) is 0.481. The number of nitrogens with zero attached hydrogens (tertiary/aromatic N) is 3. The fraction of sp³-hybridized carbons (Fsp3) is 0.348. The molecule has 1 unspecified atom stereocenters. The predicted octanol–water partition coefficient (Wildman–Crippen LogP) is 3.73. The molecule has 1 atom stereocenters. The summed E-state index contributed by atoms with van der Waals surface area (Å²) in [6.07, 6.45) is 3.69. The van der Waals surface area contributed by atoms with E-state index in [1.807, 2.05) is 39.9 Å². The number of thioether (sulfide) groups is 1. The zero-order chi connectivity index (χ0) is 22.5. The Balaban J connectivity index is 1.26. The quantitative estimate of drug-likeness (QED) is 0.464. The molecule has 0 aliphatic carbocycles. The summed E-state index contributed by atoms with van der Waals surface area (Å²) < 4.78 is 13.6. The Labute approximate surface area is 195 Å². The van der Waals surface area contributed by atoms with Gasteiger partial charge in [0.1, 0.15) is 24.1 Å². The lowest BCUT2D eigenvalue weighted by Gasteiger charge is -2.33. The molecular formula is C23H24ClN3O4S. The second kappa shape index (κ2) is 10.4. The minimum atomic E-state index is -0.258. The maximum atomic E-state index is 12.7. The normalized spacial score (nSPS) is 16.3. The van der Waals surface area contributed by atoms with Crippen molar-refractivity contribution in [2.24, 2.45) is 0 Å². The van der Waals surface area contributed by atoms with Crippen molar-refractivity contribution in [2.45, 2.75) is 18.8 Å². The van der Waals surface area contributed by atoms with Gasteiger partial charge in [-0.1, -0.05) is 17.7 Å². The first-order chi connectivity index (χ1) is 15.5. The number of fused-ring (bicyclic) bond motifs is 1. The Hall–Kier alpha value is -2.55. The van der Waals surface area contributed by atoms with Crippen LogP contribution in [0.4, 0.5) is 0 Å². The minimum absolute atomic E-state index is 0.0722. The van der Waals surface area contributed by atoms with Crippen LogP contribution < -0.4 is 4.74 Å². The van der Waals surface area contributed by atoms with Gasteiger partial charge in [-0.25, -0.2) is 4.98 Å². The van der Waals surface area contributed by atoms with Crippen LogP contribution in [-0.4, -0.2) is 64.1 Å². The summed E-state index contributed by atoms with van der Waals surface area (Å²) in [5.74, 6) is 1.48. The van der Waals surface area contributed by atoms with Crippen LogP contribution in [0, 0.1) is 0 Å². The lowest BCUT2D eigenvalue weighted by Crippen LogP contribution is -2.48. The van der Waals surface area contributed by atoms with Gasteiger partial charge in [0.25, 0.3) is 0 Å². The van der Waals surface area contributed by atoms with E-state index in [0.29, 0.717) is 47.5 Å². The molecule has 0 saturated carbocycles. The third-order valence-electron chi connectivity index (χ3n) is 5.13. The number of pyridine rings is 1. The van der Waals surface area contributed by atoms with Crippen LogP contribution >= 0.6 is 23.4 Å². The van der Waals surface area contributed by atoms with E-state index in [1.165, 1.54) is 6.92 Å². The van der Waals surface area contributed by atoms with E-state index in [0.717, 1.165) is 11.3 Å². The number of hydrogen-bond donors (Lipinski definition) is 0. The number of amides is 1. The van der Waals surface area contributed by atoms with Crippen molar-refractivity contribution >= 4 is 40.7 Å². The van der Waals surface area contributed by atoms with Crippen molar-refractivity contribution < 1.29 is 19.1 Å². The molecule has 4 rings (SSSR count). The van der Waals surface area contributed by atoms with Gasteiger partial charge in [0.05, 0.1) is 30.2 Å². The number of hydrogen-bond acceptors (Lipinski definition) is 6. The Kier molecular flexibility index (Phi) is 7.34. The van der Waals surface area contributed by atoms with Crippen LogP contribution in [0.5, 0.6) is 5.75 Å². The third kappa shape index (κ3) is 5.62. The number of rotatable bonds is 8. The molecule has 0 N–H and O–H groups in total. The van der Waals surface area contributed by atoms with Gasteiger partial charge in [0, 0.05) is 29.7 Å². The van der Waals surface area contributed by atoms with Gasteiger partial charge in [0.15, 0.2) is 5.78 Å². The second-order valence-corrected chi connectivity index (χ2v) is 8.95. The van der Waals surface area contributed by atoms with Crippen molar-refractivity contribution in [1.82, 2.24) is 14.3 Å². The number of Topliss-reactive ketones (excluding diaryl/α,β-unsaturated/α-hetero) is 1. The number of aromatic nitrogens is 2. The van der Waals surface area contributed by atoms with Crippen molar-refractivity contribution in [3.63, 3.8) is 0 Å². The Morgan fingerprint density at radius 2 is 2.19 bits per heavy atom. The standard InChI is InChI=1S/C23H24ClN3O4S/c1-16(28)20-10-17(24)5-6-21(20)31-13-19-12-27(8-9-30-19)23(29)15-32-14-18-11-26-7-3-2-4-22(26)25-18/h2-7,10-11,19H,8-9,12-15H2,1H3. The summed E-state index contributed by atoms with van der Waals surface area (Å²) in [7, 11) is 0.